The Kier molecular flexibility index (Phi) is 7.12. The molecule has 2 heterocycles. The molecule has 1 aliphatic heterocycles. The number of aliphatic hydroxyl groups excluding tert-OH is 3. The van der Waals surface area contributed by atoms with Crippen molar-refractivity contribution in [2.45, 2.75) is 117 Å². The van der Waals surface area contributed by atoms with Gasteiger partial charge in [0.15, 0.2) is 6.10 Å². The predicted molar refractivity (Wildman–Crippen MR) is 147 cm³/mol. The van der Waals surface area contributed by atoms with E-state index in [0.717, 1.165) is 11.1 Å². The lowest BCUT2D eigenvalue weighted by atomic mass is 9.39. The summed E-state index contributed by atoms with van der Waals surface area (Å²) in [6.07, 6.45) is 3.79. The van der Waals surface area contributed by atoms with Crippen LogP contribution in [0, 0.1) is 34.0 Å². The number of carbonyl (C=O) groups is 2. The van der Waals surface area contributed by atoms with Gasteiger partial charge in [0.25, 0.3) is 0 Å². The van der Waals surface area contributed by atoms with Gasteiger partial charge in [-0.05, 0) is 56.6 Å². The van der Waals surface area contributed by atoms with Gasteiger partial charge in [-0.1, -0.05) is 52.7 Å². The summed E-state index contributed by atoms with van der Waals surface area (Å²) in [6, 6.07) is 1.93. The highest BCUT2D eigenvalue weighted by molar-refractivity contribution is 5.75. The van der Waals surface area contributed by atoms with E-state index in [4.69, 9.17) is 13.9 Å². The number of hydrogen-bond donors (Lipinski definition) is 3. The number of aliphatic hydroxyl groups is 3. The van der Waals surface area contributed by atoms with Crippen molar-refractivity contribution in [2.75, 3.05) is 0 Å². The quantitative estimate of drug-likeness (QED) is 0.356. The minimum Gasteiger partial charge on any atom is -0.472 e. The number of carbonyl (C=O) groups excluding carboxylic acids is 2. The molecular formula is C32H46O8. The van der Waals surface area contributed by atoms with Crippen molar-refractivity contribution < 1.29 is 38.8 Å². The fourth-order valence-electron chi connectivity index (χ4n) is 9.33. The van der Waals surface area contributed by atoms with Crippen LogP contribution in [0.15, 0.2) is 34.7 Å². The fraction of sp³-hybridized carbons (Fsp3) is 0.750. The van der Waals surface area contributed by atoms with E-state index in [2.05, 4.69) is 19.9 Å². The third-order valence-corrected chi connectivity index (χ3v) is 11.9. The van der Waals surface area contributed by atoms with Gasteiger partial charge in [0.2, 0.25) is 0 Å². The lowest BCUT2D eigenvalue weighted by Gasteiger charge is -2.67. The van der Waals surface area contributed by atoms with E-state index in [1.54, 1.807) is 12.5 Å². The maximum absolute atomic E-state index is 13.4. The number of cyclic esters (lactones) is 1. The monoisotopic (exact) mass is 558 g/mol. The van der Waals surface area contributed by atoms with Crippen LogP contribution in [-0.4, -0.2) is 57.3 Å². The lowest BCUT2D eigenvalue weighted by molar-refractivity contribution is -0.230. The van der Waals surface area contributed by atoms with Gasteiger partial charge in [-0.3, -0.25) is 4.79 Å². The number of rotatable bonds is 5. The van der Waals surface area contributed by atoms with Crippen LogP contribution in [-0.2, 0) is 19.1 Å². The number of ether oxygens (including phenoxy) is 2. The molecular weight excluding hydrogens is 512 g/mol. The molecule has 8 nitrogen and oxygen atoms in total. The van der Waals surface area contributed by atoms with Gasteiger partial charge in [-0.15, -0.1) is 0 Å². The topological polar surface area (TPSA) is 126 Å². The average Bonchev–Trinajstić information content (AvgIpc) is 3.53. The highest BCUT2D eigenvalue weighted by atomic mass is 16.6. The van der Waals surface area contributed by atoms with Crippen molar-refractivity contribution in [1.82, 2.24) is 0 Å². The van der Waals surface area contributed by atoms with Crippen LogP contribution in [0.3, 0.4) is 0 Å². The van der Waals surface area contributed by atoms with Crippen molar-refractivity contribution in [2.24, 2.45) is 34.0 Å². The second kappa shape index (κ2) is 9.70. The largest absolute Gasteiger partial charge is 0.472 e. The highest BCUT2D eigenvalue weighted by Gasteiger charge is 2.72. The second-order valence-electron chi connectivity index (χ2n) is 14.0. The van der Waals surface area contributed by atoms with Gasteiger partial charge in [0.1, 0.15) is 11.7 Å². The van der Waals surface area contributed by atoms with Gasteiger partial charge in [-0.25, -0.2) is 4.79 Å². The van der Waals surface area contributed by atoms with Crippen molar-refractivity contribution >= 4 is 11.9 Å². The number of allylic oxidation sites excluding steroid dienone is 1. The van der Waals surface area contributed by atoms with Crippen LogP contribution in [0.5, 0.6) is 0 Å². The van der Waals surface area contributed by atoms with Gasteiger partial charge in [0, 0.05) is 28.1 Å². The van der Waals surface area contributed by atoms with E-state index in [1.165, 1.54) is 0 Å². The molecule has 1 saturated heterocycles. The fourth-order valence-corrected chi connectivity index (χ4v) is 9.33. The van der Waals surface area contributed by atoms with E-state index in [0.29, 0.717) is 25.7 Å². The lowest BCUT2D eigenvalue weighted by Crippen LogP contribution is -2.68. The molecule has 0 spiro atoms. The maximum Gasteiger partial charge on any atom is 0.335 e. The molecule has 3 aliphatic carbocycles. The Bertz CT molecular complexity index is 1170. The Hall–Kier alpha value is -2.16. The molecule has 3 fully saturated rings. The zero-order chi connectivity index (χ0) is 29.4. The summed E-state index contributed by atoms with van der Waals surface area (Å²) >= 11 is 0. The highest BCUT2D eigenvalue weighted by Crippen LogP contribution is 2.72. The van der Waals surface area contributed by atoms with Gasteiger partial charge in [0.05, 0.1) is 31.2 Å². The molecule has 0 amide bonds. The summed E-state index contributed by atoms with van der Waals surface area (Å²) in [5.74, 6) is -2.09. The predicted octanol–water partition coefficient (Wildman–Crippen LogP) is 4.52. The van der Waals surface area contributed by atoms with Crippen LogP contribution in [0.1, 0.15) is 92.1 Å². The number of fused-ring (bicyclic) bond motifs is 5. The summed E-state index contributed by atoms with van der Waals surface area (Å²) in [5.41, 5.74) is -1.16. The molecule has 2 saturated carbocycles. The van der Waals surface area contributed by atoms with Crippen LogP contribution in [0.4, 0.5) is 0 Å². The summed E-state index contributed by atoms with van der Waals surface area (Å²) in [4.78, 5) is 26.1. The second-order valence-corrected chi connectivity index (χ2v) is 14.0. The molecule has 8 heteroatoms. The molecule has 4 aliphatic rings. The molecule has 0 aromatic carbocycles. The molecule has 1 aromatic rings. The Labute approximate surface area is 237 Å². The van der Waals surface area contributed by atoms with Crippen LogP contribution < -0.4 is 0 Å². The molecule has 0 radical (unpaired) electrons. The Morgan fingerprint density at radius 1 is 1.10 bits per heavy atom. The third-order valence-electron chi connectivity index (χ3n) is 11.9. The minimum atomic E-state index is -1.25. The van der Waals surface area contributed by atoms with E-state index in [1.807, 2.05) is 40.7 Å². The standard InChI is InChI=1S/C32H46O8/c1-8-17(2)27(36)28(37)39-25-14-22-31(6,20-10-9-19(30(20,25)5)18-11-12-38-16-18)23(33)13-21-29(3,4)40-26(35)15-24(34)32(21,22)7/h10-12,16-17,19,21-25,27,33-34,36H,8-9,13-15H2,1-7H3/t17-,19-,21-,22-,23+,24-,25+,27+,30-,31-,32-/m0/s1. The van der Waals surface area contributed by atoms with E-state index >= 15 is 0 Å². The van der Waals surface area contributed by atoms with Crippen LogP contribution >= 0.6 is 0 Å². The molecule has 5 rings (SSSR count). The van der Waals surface area contributed by atoms with Crippen LogP contribution in [0.25, 0.3) is 0 Å². The Balaban J connectivity index is 1.65. The minimum absolute atomic E-state index is 0.0595. The zero-order valence-electron chi connectivity index (χ0n) is 24.8. The first kappa shape index (κ1) is 29.3. The van der Waals surface area contributed by atoms with E-state index < -0.39 is 58.2 Å². The third kappa shape index (κ3) is 3.96. The smallest absolute Gasteiger partial charge is 0.335 e. The van der Waals surface area contributed by atoms with Crippen LogP contribution in [0.2, 0.25) is 0 Å². The normalized spacial score (nSPS) is 43.8. The SMILES string of the molecule is CC[C@H](C)[C@@H](O)C(=O)O[C@@H]1C[C@H]2[C@](C)(C3=CC[C@@H](c4ccoc4)[C@@]31C)[C@H](O)C[C@H]1C(C)(C)OC(=O)C[C@H](O)[C@@]12C. The molecule has 0 unspecified atom stereocenters. The summed E-state index contributed by atoms with van der Waals surface area (Å²) in [7, 11) is 0. The number of hydrogen-bond acceptors (Lipinski definition) is 8. The Morgan fingerprint density at radius 3 is 2.42 bits per heavy atom. The number of esters is 2. The summed E-state index contributed by atoms with van der Waals surface area (Å²) < 4.78 is 17.6. The van der Waals surface area contributed by atoms with Gasteiger partial charge in [-0.2, -0.15) is 0 Å². The zero-order valence-corrected chi connectivity index (χ0v) is 24.8. The van der Waals surface area contributed by atoms with Crippen molar-refractivity contribution in [3.8, 4) is 0 Å². The summed E-state index contributed by atoms with van der Waals surface area (Å²) in [5, 5.41) is 34.5. The van der Waals surface area contributed by atoms with E-state index in [9.17, 15) is 24.9 Å². The Morgan fingerprint density at radius 2 is 1.80 bits per heavy atom. The summed E-state index contributed by atoms with van der Waals surface area (Å²) in [6.45, 7) is 13.6. The molecule has 0 bridgehead atoms. The number of furan rings is 1. The first-order valence-electron chi connectivity index (χ1n) is 14.8. The van der Waals surface area contributed by atoms with Crippen molar-refractivity contribution in [3.63, 3.8) is 0 Å². The van der Waals surface area contributed by atoms with E-state index in [-0.39, 0.29) is 30.1 Å². The molecule has 40 heavy (non-hydrogen) atoms. The first-order valence-corrected chi connectivity index (χ1v) is 14.8. The molecule has 1 aromatic heterocycles. The van der Waals surface area contributed by atoms with Gasteiger partial charge >= 0.3 is 11.9 Å². The van der Waals surface area contributed by atoms with Gasteiger partial charge < -0.3 is 29.2 Å². The molecule has 3 N–H and O–H groups in total. The molecule has 11 atom stereocenters. The van der Waals surface area contributed by atoms with Crippen molar-refractivity contribution in [3.05, 3.63) is 35.8 Å². The maximum atomic E-state index is 13.4. The van der Waals surface area contributed by atoms with Crippen molar-refractivity contribution in [1.29, 1.82) is 0 Å². The average molecular weight is 559 g/mol. The molecule has 222 valence electrons. The first-order chi connectivity index (χ1) is 18.6.